The van der Waals surface area contributed by atoms with Gasteiger partial charge in [-0.15, -0.1) is 9.32 Å². The van der Waals surface area contributed by atoms with Crippen molar-refractivity contribution in [1.29, 1.82) is 0 Å². The minimum Gasteiger partial charge on any atom is -0.508 e. The molecule has 3 aromatic rings. The second kappa shape index (κ2) is 12.7. The van der Waals surface area contributed by atoms with E-state index in [1.165, 1.54) is 36.4 Å². The summed E-state index contributed by atoms with van der Waals surface area (Å²) < 4.78 is 4.53. The van der Waals surface area contributed by atoms with E-state index in [-0.39, 0.29) is 34.1 Å². The number of benzene rings is 3. The predicted octanol–water partition coefficient (Wildman–Crippen LogP) is 3.66. The Morgan fingerprint density at radius 1 is 1.03 bits per heavy atom. The van der Waals surface area contributed by atoms with Crippen LogP contribution in [0.5, 0.6) is 5.75 Å². The summed E-state index contributed by atoms with van der Waals surface area (Å²) in [5, 5.41) is 24.0. The average Bonchev–Trinajstić information content (AvgIpc) is 2.86. The smallest absolute Gasteiger partial charge is 0.352 e. The van der Waals surface area contributed by atoms with Crippen molar-refractivity contribution in [1.82, 2.24) is 10.6 Å². The topological polar surface area (TPSA) is 160 Å². The zero-order valence-corrected chi connectivity index (χ0v) is 20.0. The number of phenols is 1. The monoisotopic (exact) mass is 529 g/mol. The molecule has 36 heavy (non-hydrogen) atoms. The highest BCUT2D eigenvalue weighted by atomic mass is 35.5. The highest BCUT2D eigenvalue weighted by Gasteiger charge is 2.17. The highest BCUT2D eigenvalue weighted by Crippen LogP contribution is 2.21. The average molecular weight is 530 g/mol. The quantitative estimate of drug-likeness (QED) is 0.114. The molecular formula is C24H20ClN3O7S. The lowest BCUT2D eigenvalue weighted by Crippen LogP contribution is -2.28. The van der Waals surface area contributed by atoms with Crippen molar-refractivity contribution in [2.45, 2.75) is 11.4 Å². The van der Waals surface area contributed by atoms with Crippen LogP contribution in [0.25, 0.3) is 6.08 Å². The fourth-order valence-corrected chi connectivity index (χ4v) is 3.61. The molecule has 0 aliphatic rings. The molecular weight excluding hydrogens is 510 g/mol. The fourth-order valence-electron chi connectivity index (χ4n) is 2.98. The van der Waals surface area contributed by atoms with Gasteiger partial charge in [0.2, 0.25) is 0 Å². The van der Waals surface area contributed by atoms with Gasteiger partial charge in [-0.25, -0.2) is 4.79 Å². The normalized spacial score (nSPS) is 11.1. The van der Waals surface area contributed by atoms with Gasteiger partial charge in [0, 0.05) is 17.0 Å². The molecule has 0 saturated carbocycles. The van der Waals surface area contributed by atoms with Crippen LogP contribution < -0.4 is 16.5 Å². The van der Waals surface area contributed by atoms with E-state index in [9.17, 15) is 24.6 Å². The molecule has 10 nitrogen and oxygen atoms in total. The maximum absolute atomic E-state index is 12.7. The van der Waals surface area contributed by atoms with Gasteiger partial charge in [-0.1, -0.05) is 35.9 Å². The molecule has 6 N–H and O–H groups in total. The van der Waals surface area contributed by atoms with Gasteiger partial charge in [0.1, 0.15) is 11.4 Å². The van der Waals surface area contributed by atoms with E-state index in [1.54, 1.807) is 36.4 Å². The summed E-state index contributed by atoms with van der Waals surface area (Å²) in [6, 6.07) is 17.0. The van der Waals surface area contributed by atoms with Crippen LogP contribution in [-0.4, -0.2) is 28.0 Å². The minimum absolute atomic E-state index is 0.0148. The van der Waals surface area contributed by atoms with E-state index in [4.69, 9.17) is 17.5 Å². The molecule has 0 atom stereocenters. The van der Waals surface area contributed by atoms with Crippen LogP contribution in [0.1, 0.15) is 31.8 Å². The number of amides is 2. The number of carbonyl (C=O) groups excluding carboxylic acids is 2. The summed E-state index contributed by atoms with van der Waals surface area (Å²) >= 11 is 7.08. The molecule has 3 aromatic carbocycles. The number of hydrogen-bond acceptors (Lipinski definition) is 8. The van der Waals surface area contributed by atoms with Crippen molar-refractivity contribution in [3.05, 3.63) is 99.7 Å². The third kappa shape index (κ3) is 7.57. The minimum atomic E-state index is -1.36. The number of nitrogens with one attached hydrogen (secondary N) is 2. The molecule has 0 aliphatic carbocycles. The maximum Gasteiger partial charge on any atom is 0.352 e. The first-order valence-electron chi connectivity index (χ1n) is 10.2. The van der Waals surface area contributed by atoms with Crippen LogP contribution in [0.4, 0.5) is 0 Å². The number of carboxylic acids is 1. The number of hydrogen-bond donors (Lipinski definition) is 5. The largest absolute Gasteiger partial charge is 0.508 e. The molecule has 0 unspecified atom stereocenters. The van der Waals surface area contributed by atoms with Gasteiger partial charge in [0.05, 0.1) is 22.6 Å². The Morgan fingerprint density at radius 3 is 2.42 bits per heavy atom. The first-order valence-corrected chi connectivity index (χ1v) is 11.3. The number of aliphatic carboxylic acids is 1. The summed E-state index contributed by atoms with van der Waals surface area (Å²) in [6.07, 6.45) is 1.27. The van der Waals surface area contributed by atoms with Crippen molar-refractivity contribution < 1.29 is 33.9 Å². The zero-order valence-electron chi connectivity index (χ0n) is 18.4. The Morgan fingerprint density at radius 2 is 1.78 bits per heavy atom. The SMILES string of the molecule is NOOSc1ccc(C=C(NC(=O)c2ccc(C(=O)NCc3cccc(O)c3)cc2Cl)C(=O)O)cc1. The number of carbonyl (C=O) groups is 3. The van der Waals surface area contributed by atoms with Crippen LogP contribution >= 0.6 is 23.6 Å². The Kier molecular flexibility index (Phi) is 9.45. The Bertz CT molecular complexity index is 1300. The first-order chi connectivity index (χ1) is 17.3. The van der Waals surface area contributed by atoms with Crippen LogP contribution in [0, 0.1) is 0 Å². The van der Waals surface area contributed by atoms with Gasteiger partial charge < -0.3 is 20.8 Å². The molecule has 0 saturated heterocycles. The fraction of sp³-hybridized carbons (Fsp3) is 0.0417. The van der Waals surface area contributed by atoms with Gasteiger partial charge in [0.15, 0.2) is 0 Å². The third-order valence-electron chi connectivity index (χ3n) is 4.68. The molecule has 0 aliphatic heterocycles. The van der Waals surface area contributed by atoms with E-state index in [0.29, 0.717) is 16.0 Å². The lowest BCUT2D eigenvalue weighted by Gasteiger charge is -2.10. The van der Waals surface area contributed by atoms with E-state index in [2.05, 4.69) is 20.0 Å². The number of phenolic OH excluding ortho intramolecular Hbond substituents is 1. The van der Waals surface area contributed by atoms with Gasteiger partial charge in [0.25, 0.3) is 11.8 Å². The summed E-state index contributed by atoms with van der Waals surface area (Å²) in [7, 11) is 0. The van der Waals surface area contributed by atoms with Crippen molar-refractivity contribution >= 4 is 47.5 Å². The standard InChI is InChI=1S/C24H20ClN3O7S/c25-20-12-16(22(30)27-13-15-2-1-3-17(29)10-15)6-9-19(20)23(31)28-21(24(32)33)11-14-4-7-18(8-5-14)36-35-34-26/h1-12,29H,13,26H2,(H,27,30)(H,28,31)(H,32,33). The molecule has 0 aromatic heterocycles. The van der Waals surface area contributed by atoms with Crippen LogP contribution in [0.3, 0.4) is 0 Å². The molecule has 0 bridgehead atoms. The van der Waals surface area contributed by atoms with E-state index in [1.807, 2.05) is 0 Å². The first kappa shape index (κ1) is 26.7. The number of rotatable bonds is 10. The second-order valence-corrected chi connectivity index (χ2v) is 8.36. The van der Waals surface area contributed by atoms with Crippen molar-refractivity contribution in [3.63, 3.8) is 0 Å². The van der Waals surface area contributed by atoms with Crippen LogP contribution in [0.2, 0.25) is 5.02 Å². The highest BCUT2D eigenvalue weighted by molar-refractivity contribution is 7.94. The molecule has 12 heteroatoms. The van der Waals surface area contributed by atoms with Crippen molar-refractivity contribution in [3.8, 4) is 5.75 Å². The summed E-state index contributed by atoms with van der Waals surface area (Å²) in [4.78, 5) is 41.5. The maximum atomic E-state index is 12.7. The van der Waals surface area contributed by atoms with Gasteiger partial charge in [-0.2, -0.15) is 5.90 Å². The number of carboxylic acid groups (broad SMARTS) is 1. The van der Waals surface area contributed by atoms with Crippen molar-refractivity contribution in [2.75, 3.05) is 0 Å². The molecule has 3 rings (SSSR count). The lowest BCUT2D eigenvalue weighted by molar-refractivity contribution is -0.195. The van der Waals surface area contributed by atoms with Gasteiger partial charge in [-0.3, -0.25) is 9.59 Å². The zero-order chi connectivity index (χ0) is 26.1. The third-order valence-corrected chi connectivity index (χ3v) is 5.60. The number of aromatic hydroxyl groups is 1. The summed E-state index contributed by atoms with van der Waals surface area (Å²) in [5.74, 6) is 2.30. The molecule has 0 radical (unpaired) electrons. The van der Waals surface area contributed by atoms with E-state index in [0.717, 1.165) is 12.0 Å². The lowest BCUT2D eigenvalue weighted by atomic mass is 10.1. The molecule has 0 spiro atoms. The van der Waals surface area contributed by atoms with E-state index >= 15 is 0 Å². The van der Waals surface area contributed by atoms with Crippen molar-refractivity contribution in [2.24, 2.45) is 5.90 Å². The van der Waals surface area contributed by atoms with Gasteiger partial charge >= 0.3 is 5.97 Å². The Labute approximate surface area is 214 Å². The number of nitrogens with two attached hydrogens (primary N) is 1. The predicted molar refractivity (Wildman–Crippen MR) is 132 cm³/mol. The Balaban J connectivity index is 1.68. The number of halogens is 1. The van der Waals surface area contributed by atoms with Gasteiger partial charge in [-0.05, 0) is 59.7 Å². The molecule has 0 fully saturated rings. The van der Waals surface area contributed by atoms with Crippen LogP contribution in [-0.2, 0) is 20.7 Å². The second-order valence-electron chi connectivity index (χ2n) is 7.18. The summed E-state index contributed by atoms with van der Waals surface area (Å²) in [6.45, 7) is 0.174. The molecule has 0 heterocycles. The van der Waals surface area contributed by atoms with E-state index < -0.39 is 17.8 Å². The Hall–Kier alpha value is -3.87. The molecule has 2 amide bonds. The summed E-state index contributed by atoms with van der Waals surface area (Å²) in [5.41, 5.74) is 0.998. The van der Waals surface area contributed by atoms with Crippen LogP contribution in [0.15, 0.2) is 77.3 Å². The molecule has 186 valence electrons.